The smallest absolute Gasteiger partial charge is 0.404 e. The first kappa shape index (κ1) is 11.9. The fourth-order valence-corrected chi connectivity index (χ4v) is 2.35. The molecule has 4 heteroatoms. The van der Waals surface area contributed by atoms with Crippen LogP contribution in [0.1, 0.15) is 18.1 Å². The van der Waals surface area contributed by atoms with E-state index < -0.39 is 6.09 Å². The van der Waals surface area contributed by atoms with Gasteiger partial charge in [-0.3, -0.25) is 4.90 Å². The van der Waals surface area contributed by atoms with Crippen molar-refractivity contribution in [3.05, 3.63) is 35.4 Å². The third-order valence-electron chi connectivity index (χ3n) is 3.11. The van der Waals surface area contributed by atoms with Crippen LogP contribution in [0.5, 0.6) is 0 Å². The minimum absolute atomic E-state index is 0.0298. The van der Waals surface area contributed by atoms with Gasteiger partial charge in [0.15, 0.2) is 0 Å². The number of amides is 1. The molecule has 92 valence electrons. The van der Waals surface area contributed by atoms with Crippen molar-refractivity contribution in [3.63, 3.8) is 0 Å². The Balaban J connectivity index is 1.92. The molecular formula is C13H18N2O2. The van der Waals surface area contributed by atoms with E-state index in [4.69, 9.17) is 5.11 Å². The topological polar surface area (TPSA) is 52.6 Å². The second-order valence-electron chi connectivity index (χ2n) is 4.60. The lowest BCUT2D eigenvalue weighted by Gasteiger charge is -2.30. The van der Waals surface area contributed by atoms with E-state index in [-0.39, 0.29) is 6.04 Å². The van der Waals surface area contributed by atoms with Crippen LogP contribution < -0.4 is 5.32 Å². The molecule has 2 rings (SSSR count). The second kappa shape index (κ2) is 5.19. The zero-order valence-corrected chi connectivity index (χ0v) is 10.0. The number of hydrogen-bond acceptors (Lipinski definition) is 2. The molecule has 1 aliphatic heterocycles. The highest BCUT2D eigenvalue weighted by atomic mass is 16.4. The summed E-state index contributed by atoms with van der Waals surface area (Å²) in [6, 6.07) is 8.42. The van der Waals surface area contributed by atoms with Crippen molar-refractivity contribution in [2.24, 2.45) is 0 Å². The molecule has 1 aromatic carbocycles. The maximum absolute atomic E-state index is 10.5. The maximum atomic E-state index is 10.5. The molecular weight excluding hydrogens is 216 g/mol. The number of fused-ring (bicyclic) bond motifs is 1. The van der Waals surface area contributed by atoms with Crippen molar-refractivity contribution in [1.29, 1.82) is 0 Å². The Morgan fingerprint density at radius 3 is 2.88 bits per heavy atom. The van der Waals surface area contributed by atoms with E-state index in [2.05, 4.69) is 34.5 Å². The maximum Gasteiger partial charge on any atom is 0.404 e. The van der Waals surface area contributed by atoms with Crippen molar-refractivity contribution >= 4 is 6.09 Å². The number of rotatable bonds is 3. The minimum Gasteiger partial charge on any atom is -0.465 e. The molecule has 1 atom stereocenters. The van der Waals surface area contributed by atoms with Gasteiger partial charge in [-0.05, 0) is 24.5 Å². The van der Waals surface area contributed by atoms with Gasteiger partial charge in [0, 0.05) is 25.7 Å². The number of carboxylic acid groups (broad SMARTS) is 1. The highest BCUT2D eigenvalue weighted by molar-refractivity contribution is 5.64. The van der Waals surface area contributed by atoms with Crippen molar-refractivity contribution < 1.29 is 9.90 Å². The lowest BCUT2D eigenvalue weighted by atomic mass is 10.00. The third kappa shape index (κ3) is 3.20. The van der Waals surface area contributed by atoms with Gasteiger partial charge < -0.3 is 10.4 Å². The first-order valence-electron chi connectivity index (χ1n) is 5.94. The van der Waals surface area contributed by atoms with Crippen molar-refractivity contribution in [2.75, 3.05) is 13.1 Å². The largest absolute Gasteiger partial charge is 0.465 e. The van der Waals surface area contributed by atoms with Gasteiger partial charge in [-0.1, -0.05) is 24.3 Å². The average molecular weight is 234 g/mol. The zero-order valence-electron chi connectivity index (χ0n) is 10.0. The summed E-state index contributed by atoms with van der Waals surface area (Å²) in [6.07, 6.45) is 0.102. The molecule has 0 saturated carbocycles. The van der Waals surface area contributed by atoms with Crippen LogP contribution in [-0.4, -0.2) is 35.2 Å². The quantitative estimate of drug-likeness (QED) is 0.837. The Morgan fingerprint density at radius 2 is 2.18 bits per heavy atom. The molecule has 2 N–H and O–H groups in total. The van der Waals surface area contributed by atoms with Gasteiger partial charge in [0.1, 0.15) is 0 Å². The molecule has 1 amide bonds. The van der Waals surface area contributed by atoms with Crippen molar-refractivity contribution in [3.8, 4) is 0 Å². The molecule has 1 aromatic rings. The Bertz CT molecular complexity index is 406. The summed E-state index contributed by atoms with van der Waals surface area (Å²) in [5.41, 5.74) is 2.78. The van der Waals surface area contributed by atoms with Crippen molar-refractivity contribution in [2.45, 2.75) is 25.9 Å². The summed E-state index contributed by atoms with van der Waals surface area (Å²) >= 11 is 0. The standard InChI is InChI=1S/C13H18N2O2/c1-10(14-13(16)17)8-15-7-6-11-4-2-3-5-12(11)9-15/h2-5,10,14H,6-9H2,1H3,(H,16,17). The minimum atomic E-state index is -0.949. The molecule has 0 bridgehead atoms. The van der Waals surface area contributed by atoms with E-state index in [1.807, 2.05) is 6.92 Å². The van der Waals surface area contributed by atoms with Crippen LogP contribution in [0.25, 0.3) is 0 Å². The summed E-state index contributed by atoms with van der Waals surface area (Å²) in [5.74, 6) is 0. The predicted molar refractivity (Wildman–Crippen MR) is 66.0 cm³/mol. The average Bonchev–Trinajstić information content (AvgIpc) is 2.27. The number of nitrogens with one attached hydrogen (secondary N) is 1. The molecule has 1 heterocycles. The lowest BCUT2D eigenvalue weighted by molar-refractivity contribution is 0.180. The normalized spacial score (nSPS) is 17.2. The third-order valence-corrected chi connectivity index (χ3v) is 3.11. The van der Waals surface area contributed by atoms with Crippen LogP contribution in [0.3, 0.4) is 0 Å². The fraction of sp³-hybridized carbons (Fsp3) is 0.462. The van der Waals surface area contributed by atoms with E-state index in [0.29, 0.717) is 0 Å². The van der Waals surface area contributed by atoms with Gasteiger partial charge in [0.2, 0.25) is 0 Å². The second-order valence-corrected chi connectivity index (χ2v) is 4.60. The van der Waals surface area contributed by atoms with Gasteiger partial charge in [0.05, 0.1) is 0 Å². The van der Waals surface area contributed by atoms with E-state index in [1.165, 1.54) is 11.1 Å². The monoisotopic (exact) mass is 234 g/mol. The fourth-order valence-electron chi connectivity index (χ4n) is 2.35. The molecule has 0 aliphatic carbocycles. The van der Waals surface area contributed by atoms with Crippen LogP contribution in [0.2, 0.25) is 0 Å². The molecule has 17 heavy (non-hydrogen) atoms. The molecule has 0 aromatic heterocycles. The molecule has 1 unspecified atom stereocenters. The summed E-state index contributed by atoms with van der Waals surface area (Å²) in [5, 5.41) is 11.1. The molecule has 0 radical (unpaired) electrons. The molecule has 0 spiro atoms. The van der Waals surface area contributed by atoms with E-state index in [0.717, 1.165) is 26.1 Å². The Labute approximate surface area is 101 Å². The first-order valence-corrected chi connectivity index (χ1v) is 5.94. The molecule has 0 fully saturated rings. The van der Waals surface area contributed by atoms with E-state index in [1.54, 1.807) is 0 Å². The van der Waals surface area contributed by atoms with Gasteiger partial charge >= 0.3 is 6.09 Å². The van der Waals surface area contributed by atoms with Gasteiger partial charge in [0.25, 0.3) is 0 Å². The molecule has 0 saturated heterocycles. The highest BCUT2D eigenvalue weighted by Gasteiger charge is 2.17. The van der Waals surface area contributed by atoms with Crippen LogP contribution in [0.4, 0.5) is 4.79 Å². The number of hydrogen-bond donors (Lipinski definition) is 2. The lowest BCUT2D eigenvalue weighted by Crippen LogP contribution is -2.43. The van der Waals surface area contributed by atoms with Gasteiger partial charge in [-0.25, -0.2) is 4.79 Å². The SMILES string of the molecule is CC(CN1CCc2ccccc2C1)NC(=O)O. The number of nitrogens with zero attached hydrogens (tertiary/aromatic N) is 1. The summed E-state index contributed by atoms with van der Waals surface area (Å²) in [4.78, 5) is 12.8. The predicted octanol–water partition coefficient (Wildman–Crippen LogP) is 1.70. The van der Waals surface area contributed by atoms with Crippen LogP contribution in [0.15, 0.2) is 24.3 Å². The van der Waals surface area contributed by atoms with E-state index >= 15 is 0 Å². The first-order chi connectivity index (χ1) is 8.15. The zero-order chi connectivity index (χ0) is 12.3. The Kier molecular flexibility index (Phi) is 3.64. The Morgan fingerprint density at radius 1 is 1.47 bits per heavy atom. The molecule has 1 aliphatic rings. The van der Waals surface area contributed by atoms with E-state index in [9.17, 15) is 4.79 Å². The van der Waals surface area contributed by atoms with Crippen LogP contribution in [-0.2, 0) is 13.0 Å². The highest BCUT2D eigenvalue weighted by Crippen LogP contribution is 2.18. The summed E-state index contributed by atoms with van der Waals surface area (Å²) in [6.45, 7) is 4.58. The number of benzene rings is 1. The number of carbonyl (C=O) groups is 1. The van der Waals surface area contributed by atoms with Crippen LogP contribution in [0, 0.1) is 0 Å². The summed E-state index contributed by atoms with van der Waals surface area (Å²) < 4.78 is 0. The van der Waals surface area contributed by atoms with Crippen molar-refractivity contribution in [1.82, 2.24) is 10.2 Å². The van der Waals surface area contributed by atoms with Crippen LogP contribution >= 0.6 is 0 Å². The van der Waals surface area contributed by atoms with Gasteiger partial charge in [-0.15, -0.1) is 0 Å². The molecule has 4 nitrogen and oxygen atoms in total. The Hall–Kier alpha value is -1.55. The summed E-state index contributed by atoms with van der Waals surface area (Å²) in [7, 11) is 0. The van der Waals surface area contributed by atoms with Gasteiger partial charge in [-0.2, -0.15) is 0 Å².